The molecule has 0 spiro atoms. The van der Waals surface area contributed by atoms with Crippen molar-refractivity contribution in [2.45, 2.75) is 4.90 Å². The highest BCUT2D eigenvalue weighted by atomic mass is 35.5. The van der Waals surface area contributed by atoms with Gasteiger partial charge in [-0.15, -0.1) is 0 Å². The van der Waals surface area contributed by atoms with E-state index in [-0.39, 0.29) is 20.8 Å². The van der Waals surface area contributed by atoms with E-state index in [2.05, 4.69) is 9.71 Å². The number of nitrogens with zero attached hydrogens (tertiary/aromatic N) is 1. The maximum absolute atomic E-state index is 13.2. The molecule has 2 aromatic carbocycles. The second-order valence-corrected chi connectivity index (χ2v) is 7.65. The minimum atomic E-state index is -3.94. The molecule has 0 aliphatic heterocycles. The lowest BCUT2D eigenvalue weighted by atomic mass is 10.3. The van der Waals surface area contributed by atoms with Crippen molar-refractivity contribution in [3.63, 3.8) is 0 Å². The van der Waals surface area contributed by atoms with E-state index in [1.807, 2.05) is 0 Å². The van der Waals surface area contributed by atoms with Gasteiger partial charge in [-0.3, -0.25) is 4.72 Å². The summed E-state index contributed by atoms with van der Waals surface area (Å²) in [5.74, 6) is -0.249. The molecular formula is C14H10ClFN2O3S2. The molecule has 1 N–H and O–H groups in total. The van der Waals surface area contributed by atoms with Crippen molar-refractivity contribution >= 4 is 48.3 Å². The minimum absolute atomic E-state index is 0.0991. The lowest BCUT2D eigenvalue weighted by Gasteiger charge is -2.10. The van der Waals surface area contributed by atoms with Gasteiger partial charge < -0.3 is 4.74 Å². The number of ether oxygens (including phenoxy) is 1. The molecule has 0 unspecified atom stereocenters. The SMILES string of the molecule is COc1ccc(Cl)cc1S(=O)(=O)Nc1nc2ccc(F)cc2s1. The van der Waals surface area contributed by atoms with Crippen LogP contribution in [0.3, 0.4) is 0 Å². The third-order valence-corrected chi connectivity index (χ3v) is 5.65. The Morgan fingerprint density at radius 3 is 2.78 bits per heavy atom. The number of aromatic nitrogens is 1. The molecule has 0 aliphatic rings. The number of halogens is 2. The van der Waals surface area contributed by atoms with Gasteiger partial charge in [-0.1, -0.05) is 22.9 Å². The van der Waals surface area contributed by atoms with Crippen molar-refractivity contribution in [3.05, 3.63) is 47.2 Å². The summed E-state index contributed by atoms with van der Waals surface area (Å²) in [5.41, 5.74) is 0.507. The number of anilines is 1. The van der Waals surface area contributed by atoms with Crippen LogP contribution in [0.5, 0.6) is 5.75 Å². The van der Waals surface area contributed by atoms with Crippen LogP contribution >= 0.6 is 22.9 Å². The van der Waals surface area contributed by atoms with E-state index >= 15 is 0 Å². The molecule has 3 aromatic rings. The van der Waals surface area contributed by atoms with Crippen molar-refractivity contribution in [2.24, 2.45) is 0 Å². The summed E-state index contributed by atoms with van der Waals surface area (Å²) in [7, 11) is -2.58. The summed E-state index contributed by atoms with van der Waals surface area (Å²) in [6.45, 7) is 0. The van der Waals surface area contributed by atoms with Gasteiger partial charge in [0.15, 0.2) is 5.13 Å². The maximum Gasteiger partial charge on any atom is 0.267 e. The molecule has 1 heterocycles. The van der Waals surface area contributed by atoms with Crippen LogP contribution in [0.15, 0.2) is 41.3 Å². The largest absolute Gasteiger partial charge is 0.495 e. The van der Waals surface area contributed by atoms with Crippen LogP contribution in [-0.4, -0.2) is 20.5 Å². The van der Waals surface area contributed by atoms with Gasteiger partial charge >= 0.3 is 0 Å². The summed E-state index contributed by atoms with van der Waals surface area (Å²) in [6, 6.07) is 8.32. The van der Waals surface area contributed by atoms with Crippen LogP contribution in [0.1, 0.15) is 0 Å². The van der Waals surface area contributed by atoms with Crippen molar-refractivity contribution in [1.82, 2.24) is 4.98 Å². The summed E-state index contributed by atoms with van der Waals surface area (Å²) in [4.78, 5) is 4.03. The van der Waals surface area contributed by atoms with Crippen LogP contribution < -0.4 is 9.46 Å². The first-order chi connectivity index (χ1) is 10.9. The zero-order valence-corrected chi connectivity index (χ0v) is 14.1. The Morgan fingerprint density at radius 2 is 2.04 bits per heavy atom. The van der Waals surface area contributed by atoms with Gasteiger partial charge in [-0.05, 0) is 36.4 Å². The topological polar surface area (TPSA) is 68.3 Å². The van der Waals surface area contributed by atoms with Gasteiger partial charge in [0, 0.05) is 5.02 Å². The summed E-state index contributed by atoms with van der Waals surface area (Å²) < 4.78 is 46.2. The molecule has 120 valence electrons. The molecule has 0 atom stereocenters. The average molecular weight is 373 g/mol. The zero-order valence-electron chi connectivity index (χ0n) is 11.7. The van der Waals surface area contributed by atoms with Crippen molar-refractivity contribution in [2.75, 3.05) is 11.8 Å². The van der Waals surface area contributed by atoms with Crippen LogP contribution in [0, 0.1) is 5.82 Å². The molecule has 1 aromatic heterocycles. The number of methoxy groups -OCH3 is 1. The maximum atomic E-state index is 13.2. The molecule has 23 heavy (non-hydrogen) atoms. The fourth-order valence-electron chi connectivity index (χ4n) is 1.97. The number of rotatable bonds is 4. The highest BCUT2D eigenvalue weighted by Gasteiger charge is 2.21. The summed E-state index contributed by atoms with van der Waals surface area (Å²) in [6.07, 6.45) is 0. The van der Waals surface area contributed by atoms with Gasteiger partial charge in [-0.2, -0.15) is 0 Å². The zero-order chi connectivity index (χ0) is 16.6. The Morgan fingerprint density at radius 1 is 1.26 bits per heavy atom. The number of sulfonamides is 1. The molecule has 9 heteroatoms. The van der Waals surface area contributed by atoms with Gasteiger partial charge in [0.25, 0.3) is 10.0 Å². The molecule has 0 saturated heterocycles. The highest BCUT2D eigenvalue weighted by Crippen LogP contribution is 2.31. The van der Waals surface area contributed by atoms with Crippen LogP contribution in [-0.2, 0) is 10.0 Å². The molecule has 0 radical (unpaired) electrons. The van der Waals surface area contributed by atoms with E-state index in [0.717, 1.165) is 11.3 Å². The fraction of sp³-hybridized carbons (Fsp3) is 0.0714. The number of thiazole rings is 1. The predicted molar refractivity (Wildman–Crippen MR) is 88.4 cm³/mol. The molecule has 0 fully saturated rings. The van der Waals surface area contributed by atoms with Crippen molar-refractivity contribution in [1.29, 1.82) is 0 Å². The van der Waals surface area contributed by atoms with Crippen LogP contribution in [0.4, 0.5) is 9.52 Å². The Labute approximate surface area is 140 Å². The quantitative estimate of drug-likeness (QED) is 0.754. The first-order valence-electron chi connectivity index (χ1n) is 6.31. The lowest BCUT2D eigenvalue weighted by molar-refractivity contribution is 0.403. The van der Waals surface area contributed by atoms with Crippen LogP contribution in [0.2, 0.25) is 5.02 Å². The molecule has 3 rings (SSSR count). The summed E-state index contributed by atoms with van der Waals surface area (Å²) >= 11 is 6.90. The molecule has 0 amide bonds. The highest BCUT2D eigenvalue weighted by molar-refractivity contribution is 7.93. The second kappa shape index (κ2) is 5.95. The molecule has 5 nitrogen and oxygen atoms in total. The Kier molecular flexibility index (Phi) is 4.13. The first kappa shape index (κ1) is 16.0. The second-order valence-electron chi connectivity index (χ2n) is 4.53. The Bertz CT molecular complexity index is 989. The average Bonchev–Trinajstić information content (AvgIpc) is 2.87. The van der Waals surface area contributed by atoms with Crippen molar-refractivity contribution in [3.8, 4) is 5.75 Å². The van der Waals surface area contributed by atoms with E-state index in [1.54, 1.807) is 0 Å². The lowest BCUT2D eigenvalue weighted by Crippen LogP contribution is -2.13. The third kappa shape index (κ3) is 3.24. The van der Waals surface area contributed by atoms with E-state index in [9.17, 15) is 12.8 Å². The Hall–Kier alpha value is -1.90. The predicted octanol–water partition coefficient (Wildman–Crippen LogP) is 3.90. The van der Waals surface area contributed by atoms with Gasteiger partial charge in [0.2, 0.25) is 0 Å². The number of fused-ring (bicyclic) bond motifs is 1. The minimum Gasteiger partial charge on any atom is -0.495 e. The number of hydrogen-bond acceptors (Lipinski definition) is 5. The fourth-order valence-corrected chi connectivity index (χ4v) is 4.53. The van der Waals surface area contributed by atoms with E-state index in [0.29, 0.717) is 10.2 Å². The first-order valence-corrected chi connectivity index (χ1v) is 8.99. The third-order valence-electron chi connectivity index (χ3n) is 2.99. The molecular weight excluding hydrogens is 363 g/mol. The van der Waals surface area contributed by atoms with Crippen molar-refractivity contribution < 1.29 is 17.5 Å². The Balaban J connectivity index is 2.01. The monoisotopic (exact) mass is 372 g/mol. The van der Waals surface area contributed by atoms with Crippen LogP contribution in [0.25, 0.3) is 10.2 Å². The van der Waals surface area contributed by atoms with Gasteiger partial charge in [-0.25, -0.2) is 17.8 Å². The van der Waals surface area contributed by atoms with E-state index in [4.69, 9.17) is 16.3 Å². The number of hydrogen-bond donors (Lipinski definition) is 1. The number of benzene rings is 2. The molecule has 0 saturated carbocycles. The van der Waals surface area contributed by atoms with Gasteiger partial charge in [0.1, 0.15) is 16.5 Å². The van der Waals surface area contributed by atoms with E-state index < -0.39 is 15.8 Å². The molecule has 0 aliphatic carbocycles. The number of nitrogens with one attached hydrogen (secondary N) is 1. The van der Waals surface area contributed by atoms with Gasteiger partial charge in [0.05, 0.1) is 17.3 Å². The standard InChI is InChI=1S/C14H10ClFN2O3S2/c1-21-11-5-2-8(15)6-13(11)23(19,20)18-14-17-10-4-3-9(16)7-12(10)22-14/h2-7H,1H3,(H,17,18). The summed E-state index contributed by atoms with van der Waals surface area (Å²) in [5, 5.41) is 0.394. The normalized spacial score (nSPS) is 11.6. The smallest absolute Gasteiger partial charge is 0.267 e. The molecule has 0 bridgehead atoms. The van der Waals surface area contributed by atoms with E-state index in [1.165, 1.54) is 43.5 Å².